The largest absolute Gasteiger partial charge is 0.381 e. The van der Waals surface area contributed by atoms with Crippen molar-refractivity contribution in [2.45, 2.75) is 19.4 Å². The van der Waals surface area contributed by atoms with Gasteiger partial charge in [0.1, 0.15) is 0 Å². The van der Waals surface area contributed by atoms with E-state index >= 15 is 0 Å². The van der Waals surface area contributed by atoms with Crippen LogP contribution < -0.4 is 0 Å². The highest BCUT2D eigenvalue weighted by Gasteiger charge is 2.51. The van der Waals surface area contributed by atoms with Crippen molar-refractivity contribution in [3.05, 3.63) is 18.0 Å². The first kappa shape index (κ1) is 17.0. The van der Waals surface area contributed by atoms with Crippen LogP contribution in [0.5, 0.6) is 0 Å². The molecule has 1 spiro atoms. The third-order valence-corrected chi connectivity index (χ3v) is 5.99. The summed E-state index contributed by atoms with van der Waals surface area (Å²) >= 11 is 0. The molecule has 1 unspecified atom stereocenters. The van der Waals surface area contributed by atoms with Gasteiger partial charge in [0, 0.05) is 70.2 Å². The Morgan fingerprint density at radius 1 is 1.24 bits per heavy atom. The number of hydrogen-bond acceptors (Lipinski definition) is 5. The van der Waals surface area contributed by atoms with Gasteiger partial charge >= 0.3 is 0 Å². The highest BCUT2D eigenvalue weighted by atomic mass is 16.5. The molecule has 4 rings (SSSR count). The molecular weight excluding hydrogens is 320 g/mol. The Bertz CT molecular complexity index is 605. The molecule has 138 valence electrons. The first-order valence-electron chi connectivity index (χ1n) is 9.30. The number of morpholine rings is 1. The van der Waals surface area contributed by atoms with Gasteiger partial charge in [0.05, 0.1) is 25.3 Å². The van der Waals surface area contributed by atoms with E-state index in [9.17, 15) is 4.79 Å². The number of carbonyl (C=O) groups excluding carboxylic acids is 1. The number of aryl methyl sites for hydroxylation is 1. The van der Waals surface area contributed by atoms with Gasteiger partial charge in [-0.3, -0.25) is 14.4 Å². The summed E-state index contributed by atoms with van der Waals surface area (Å²) in [7, 11) is 1.94. The molecule has 7 heteroatoms. The minimum atomic E-state index is 0.0653. The number of likely N-dealkylation sites (tertiary alicyclic amines) is 1. The van der Waals surface area contributed by atoms with Gasteiger partial charge in [0.25, 0.3) is 0 Å². The van der Waals surface area contributed by atoms with Gasteiger partial charge in [0.15, 0.2) is 0 Å². The van der Waals surface area contributed by atoms with Gasteiger partial charge in [-0.2, -0.15) is 5.10 Å². The molecule has 25 heavy (non-hydrogen) atoms. The van der Waals surface area contributed by atoms with Crippen molar-refractivity contribution in [1.29, 1.82) is 0 Å². The molecule has 3 fully saturated rings. The van der Waals surface area contributed by atoms with Gasteiger partial charge < -0.3 is 14.4 Å². The van der Waals surface area contributed by atoms with Crippen LogP contribution in [-0.4, -0.2) is 78.1 Å². The molecule has 3 saturated heterocycles. The molecule has 1 amide bonds. The van der Waals surface area contributed by atoms with Crippen LogP contribution in [0.4, 0.5) is 0 Å². The number of ether oxygens (including phenoxy) is 2. The maximum absolute atomic E-state index is 13.3. The van der Waals surface area contributed by atoms with E-state index in [0.717, 1.165) is 58.8 Å². The Labute approximate surface area is 148 Å². The maximum atomic E-state index is 13.3. The Kier molecular flexibility index (Phi) is 4.80. The first-order valence-corrected chi connectivity index (χ1v) is 9.30. The SMILES string of the molecule is Cn1cc(CN2CC(C(=O)N3CCOCC3)C3(CCOCC3)C2)cn1. The molecule has 0 bridgehead atoms. The molecule has 0 aliphatic carbocycles. The Morgan fingerprint density at radius 3 is 2.64 bits per heavy atom. The zero-order valence-corrected chi connectivity index (χ0v) is 15.0. The third kappa shape index (κ3) is 3.45. The van der Waals surface area contributed by atoms with E-state index < -0.39 is 0 Å². The van der Waals surface area contributed by atoms with Gasteiger partial charge in [-0.1, -0.05) is 0 Å². The van der Waals surface area contributed by atoms with Gasteiger partial charge in [-0.25, -0.2) is 0 Å². The molecule has 1 aromatic heterocycles. The fraction of sp³-hybridized carbons (Fsp3) is 0.778. The monoisotopic (exact) mass is 348 g/mol. The molecule has 0 radical (unpaired) electrons. The number of hydrogen-bond donors (Lipinski definition) is 0. The van der Waals surface area contributed by atoms with Gasteiger partial charge in [0.2, 0.25) is 5.91 Å². The van der Waals surface area contributed by atoms with Crippen LogP contribution in [0.1, 0.15) is 18.4 Å². The van der Waals surface area contributed by atoms with Crippen molar-refractivity contribution in [1.82, 2.24) is 19.6 Å². The lowest BCUT2D eigenvalue weighted by atomic mass is 9.71. The molecule has 4 heterocycles. The lowest BCUT2D eigenvalue weighted by molar-refractivity contribution is -0.144. The third-order valence-electron chi connectivity index (χ3n) is 5.99. The van der Waals surface area contributed by atoms with Crippen LogP contribution in [0.25, 0.3) is 0 Å². The van der Waals surface area contributed by atoms with Crippen molar-refractivity contribution in [2.75, 3.05) is 52.6 Å². The van der Waals surface area contributed by atoms with Gasteiger partial charge in [-0.05, 0) is 12.8 Å². The molecular formula is C18H28N4O3. The average molecular weight is 348 g/mol. The molecule has 0 saturated carbocycles. The van der Waals surface area contributed by atoms with E-state index in [1.807, 2.05) is 22.8 Å². The summed E-state index contributed by atoms with van der Waals surface area (Å²) in [6.07, 6.45) is 5.95. The normalized spacial score (nSPS) is 27.1. The van der Waals surface area contributed by atoms with Crippen LogP contribution in [0.2, 0.25) is 0 Å². The molecule has 3 aliphatic rings. The summed E-state index contributed by atoms with van der Waals surface area (Å²) in [5.41, 5.74) is 1.28. The minimum Gasteiger partial charge on any atom is -0.381 e. The van der Waals surface area contributed by atoms with Gasteiger partial charge in [-0.15, -0.1) is 0 Å². The maximum Gasteiger partial charge on any atom is 0.227 e. The van der Waals surface area contributed by atoms with Crippen LogP contribution in [-0.2, 0) is 27.9 Å². The topological polar surface area (TPSA) is 59.8 Å². The van der Waals surface area contributed by atoms with E-state index in [4.69, 9.17) is 9.47 Å². The Hall–Kier alpha value is -1.44. The van der Waals surface area contributed by atoms with Crippen molar-refractivity contribution >= 4 is 5.91 Å². The van der Waals surface area contributed by atoms with Crippen LogP contribution in [0, 0.1) is 11.3 Å². The second kappa shape index (κ2) is 7.05. The Balaban J connectivity index is 1.51. The van der Waals surface area contributed by atoms with Crippen LogP contribution >= 0.6 is 0 Å². The summed E-state index contributed by atoms with van der Waals surface area (Å²) in [6, 6.07) is 0. The zero-order chi connectivity index (χ0) is 17.3. The fourth-order valence-electron chi connectivity index (χ4n) is 4.63. The van der Waals surface area contributed by atoms with E-state index in [0.29, 0.717) is 19.1 Å². The minimum absolute atomic E-state index is 0.0653. The number of aromatic nitrogens is 2. The standard InChI is InChI=1S/C18H28N4O3/c1-20-11-15(10-19-20)12-21-13-16(17(23)22-4-8-25-9-5-22)18(14-21)2-6-24-7-3-18/h10-11,16H,2-9,12-14H2,1H3. The molecule has 1 atom stereocenters. The first-order chi connectivity index (χ1) is 12.2. The van der Waals surface area contributed by atoms with Crippen molar-refractivity contribution in [3.8, 4) is 0 Å². The van der Waals surface area contributed by atoms with E-state index in [2.05, 4.69) is 16.2 Å². The number of nitrogens with zero attached hydrogens (tertiary/aromatic N) is 4. The molecule has 3 aliphatic heterocycles. The predicted molar refractivity (Wildman–Crippen MR) is 91.9 cm³/mol. The molecule has 0 aromatic carbocycles. The molecule has 1 aromatic rings. The second-order valence-electron chi connectivity index (χ2n) is 7.66. The zero-order valence-electron chi connectivity index (χ0n) is 15.0. The van der Waals surface area contributed by atoms with Crippen molar-refractivity contribution in [3.63, 3.8) is 0 Å². The summed E-state index contributed by atoms with van der Waals surface area (Å²) in [4.78, 5) is 17.7. The molecule has 7 nitrogen and oxygen atoms in total. The summed E-state index contributed by atoms with van der Waals surface area (Å²) in [5, 5.41) is 4.27. The molecule has 0 N–H and O–H groups in total. The second-order valence-corrected chi connectivity index (χ2v) is 7.66. The highest BCUT2D eigenvalue weighted by Crippen LogP contribution is 2.45. The van der Waals surface area contributed by atoms with Crippen molar-refractivity contribution in [2.24, 2.45) is 18.4 Å². The summed E-state index contributed by atoms with van der Waals surface area (Å²) in [5.74, 6) is 0.394. The van der Waals surface area contributed by atoms with Crippen LogP contribution in [0.15, 0.2) is 12.4 Å². The number of carbonyl (C=O) groups is 1. The quantitative estimate of drug-likeness (QED) is 0.796. The number of rotatable bonds is 3. The van der Waals surface area contributed by atoms with E-state index in [1.165, 1.54) is 5.56 Å². The highest BCUT2D eigenvalue weighted by molar-refractivity contribution is 5.80. The smallest absolute Gasteiger partial charge is 0.227 e. The predicted octanol–water partition coefficient (Wildman–Crippen LogP) is 0.508. The van der Waals surface area contributed by atoms with E-state index in [1.54, 1.807) is 0 Å². The lowest BCUT2D eigenvalue weighted by Gasteiger charge is -2.40. The average Bonchev–Trinajstić information content (AvgIpc) is 3.19. The van der Waals surface area contributed by atoms with E-state index in [-0.39, 0.29) is 11.3 Å². The lowest BCUT2D eigenvalue weighted by Crippen LogP contribution is -2.49. The Morgan fingerprint density at radius 2 is 1.96 bits per heavy atom. The summed E-state index contributed by atoms with van der Waals surface area (Å²) < 4.78 is 12.9. The number of amides is 1. The summed E-state index contributed by atoms with van der Waals surface area (Å²) in [6.45, 7) is 7.00. The van der Waals surface area contributed by atoms with Crippen molar-refractivity contribution < 1.29 is 14.3 Å². The fourth-order valence-corrected chi connectivity index (χ4v) is 4.63. The van der Waals surface area contributed by atoms with Crippen LogP contribution in [0.3, 0.4) is 0 Å².